The third kappa shape index (κ3) is 3.19. The summed E-state index contributed by atoms with van der Waals surface area (Å²) in [5.74, 6) is -0.361. The zero-order valence-corrected chi connectivity index (χ0v) is 12.4. The van der Waals surface area contributed by atoms with Crippen LogP contribution in [0.5, 0.6) is 0 Å². The van der Waals surface area contributed by atoms with E-state index in [1.165, 1.54) is 13.5 Å². The van der Waals surface area contributed by atoms with Crippen molar-refractivity contribution in [3.8, 4) is 0 Å². The van der Waals surface area contributed by atoms with E-state index in [0.717, 1.165) is 37.1 Å². The van der Waals surface area contributed by atoms with Crippen LogP contribution >= 0.6 is 22.9 Å². The Morgan fingerprint density at radius 1 is 1.50 bits per heavy atom. The van der Waals surface area contributed by atoms with Gasteiger partial charge in [0.2, 0.25) is 0 Å². The van der Waals surface area contributed by atoms with Crippen LogP contribution in [0.15, 0.2) is 0 Å². The quantitative estimate of drug-likeness (QED) is 0.604. The number of halogens is 1. The van der Waals surface area contributed by atoms with Crippen molar-refractivity contribution in [1.82, 2.24) is 13.2 Å². The van der Waals surface area contributed by atoms with Crippen LogP contribution in [0.4, 0.5) is 0 Å². The summed E-state index contributed by atoms with van der Waals surface area (Å²) < 4.78 is 12.0. The summed E-state index contributed by atoms with van der Waals surface area (Å²) in [6, 6.07) is 0. The number of nitrogens with zero attached hydrogens (tertiary/aromatic N) is 3. The molecule has 6 nitrogen and oxygen atoms in total. The van der Waals surface area contributed by atoms with Crippen LogP contribution in [-0.4, -0.2) is 32.9 Å². The maximum Gasteiger partial charge on any atom is 0.331 e. The third-order valence-corrected chi connectivity index (χ3v) is 3.84. The van der Waals surface area contributed by atoms with Crippen LogP contribution in [0, 0.1) is 0 Å². The number of methoxy groups -OCH3 is 1. The van der Waals surface area contributed by atoms with Crippen LogP contribution < -0.4 is 0 Å². The molecule has 1 aliphatic carbocycles. The minimum atomic E-state index is -0.361. The minimum Gasteiger partial charge on any atom is -0.467 e. The van der Waals surface area contributed by atoms with E-state index < -0.39 is 0 Å². The SMILES string of the molecule is COC(=O)COC1CCCCCc2c1nnn2I. The molecule has 0 saturated carbocycles. The Morgan fingerprint density at radius 2 is 2.33 bits per heavy atom. The molecule has 0 fully saturated rings. The third-order valence-electron chi connectivity index (χ3n) is 3.06. The lowest BCUT2D eigenvalue weighted by atomic mass is 9.99. The smallest absolute Gasteiger partial charge is 0.331 e. The average Bonchev–Trinajstić information content (AvgIpc) is 2.69. The van der Waals surface area contributed by atoms with Crippen molar-refractivity contribution in [2.45, 2.75) is 38.2 Å². The van der Waals surface area contributed by atoms with Crippen molar-refractivity contribution in [2.75, 3.05) is 13.7 Å². The van der Waals surface area contributed by atoms with E-state index in [1.807, 2.05) is 0 Å². The molecule has 1 unspecified atom stereocenters. The molecule has 1 aliphatic rings. The molecule has 1 atom stereocenters. The molecule has 2 rings (SSSR count). The Balaban J connectivity index is 2.11. The van der Waals surface area contributed by atoms with E-state index >= 15 is 0 Å². The van der Waals surface area contributed by atoms with Crippen molar-refractivity contribution < 1.29 is 14.3 Å². The molecule has 0 radical (unpaired) electrons. The molecule has 1 heterocycles. The predicted molar refractivity (Wildman–Crippen MR) is 72.3 cm³/mol. The van der Waals surface area contributed by atoms with Gasteiger partial charge in [-0.25, -0.2) is 4.79 Å². The summed E-state index contributed by atoms with van der Waals surface area (Å²) in [6.07, 6.45) is 5.08. The molecule has 1 aromatic heterocycles. The monoisotopic (exact) mass is 365 g/mol. The largest absolute Gasteiger partial charge is 0.467 e. The first-order valence-electron chi connectivity index (χ1n) is 6.01. The normalized spacial score (nSPS) is 19.8. The van der Waals surface area contributed by atoms with Crippen molar-refractivity contribution in [2.24, 2.45) is 0 Å². The molecule has 7 heteroatoms. The van der Waals surface area contributed by atoms with Gasteiger partial charge in [0.1, 0.15) is 18.4 Å². The number of hydrogen-bond donors (Lipinski definition) is 0. The Kier molecular flexibility index (Phi) is 4.93. The Labute approximate surface area is 120 Å². The van der Waals surface area contributed by atoms with Gasteiger partial charge in [0.15, 0.2) is 0 Å². The molecular weight excluding hydrogens is 349 g/mol. The van der Waals surface area contributed by atoms with Gasteiger partial charge in [-0.1, -0.05) is 18.1 Å². The van der Waals surface area contributed by atoms with Gasteiger partial charge in [0, 0.05) is 0 Å². The maximum atomic E-state index is 11.1. The average molecular weight is 365 g/mol. The number of hydrogen-bond acceptors (Lipinski definition) is 5. The van der Waals surface area contributed by atoms with E-state index in [0.29, 0.717) is 0 Å². The minimum absolute atomic E-state index is 0.0330. The number of carbonyl (C=O) groups excluding carboxylic acids is 1. The molecule has 0 bridgehead atoms. The van der Waals surface area contributed by atoms with E-state index in [2.05, 4.69) is 37.9 Å². The standard InChI is InChI=1S/C11H16IN3O3/c1-17-10(16)7-18-9-6-4-2-3-5-8-11(9)13-14-15(8)12/h9H,2-7H2,1H3. The van der Waals surface area contributed by atoms with E-state index in [-0.39, 0.29) is 18.7 Å². The summed E-state index contributed by atoms with van der Waals surface area (Å²) in [6.45, 7) is -0.0330. The molecule has 0 N–H and O–H groups in total. The second-order valence-electron chi connectivity index (χ2n) is 4.26. The highest BCUT2D eigenvalue weighted by atomic mass is 127. The lowest BCUT2D eigenvalue weighted by Gasteiger charge is -2.18. The van der Waals surface area contributed by atoms with Gasteiger partial charge in [-0.3, -0.25) is 0 Å². The number of esters is 1. The molecule has 0 aliphatic heterocycles. The fourth-order valence-electron chi connectivity index (χ4n) is 2.09. The molecular formula is C11H16IN3O3. The second kappa shape index (κ2) is 6.46. The van der Waals surface area contributed by atoms with Gasteiger partial charge in [-0.2, -0.15) is 2.90 Å². The van der Waals surface area contributed by atoms with Crippen LogP contribution in [0.3, 0.4) is 0 Å². The first-order valence-corrected chi connectivity index (χ1v) is 6.98. The summed E-state index contributed by atoms with van der Waals surface area (Å²) >= 11 is 2.12. The van der Waals surface area contributed by atoms with E-state index in [1.54, 1.807) is 2.90 Å². The number of aromatic nitrogens is 3. The summed E-state index contributed by atoms with van der Waals surface area (Å²) in [4.78, 5) is 11.1. The topological polar surface area (TPSA) is 66.2 Å². The highest BCUT2D eigenvalue weighted by Crippen LogP contribution is 2.29. The van der Waals surface area contributed by atoms with Crippen molar-refractivity contribution in [3.05, 3.63) is 11.4 Å². The van der Waals surface area contributed by atoms with Gasteiger partial charge < -0.3 is 9.47 Å². The highest BCUT2D eigenvalue weighted by molar-refractivity contribution is 14.1. The zero-order chi connectivity index (χ0) is 13.0. The molecule has 0 amide bonds. The van der Waals surface area contributed by atoms with E-state index in [4.69, 9.17) is 4.74 Å². The second-order valence-corrected chi connectivity index (χ2v) is 5.17. The molecule has 1 aromatic rings. The molecule has 100 valence electrons. The number of rotatable bonds is 3. The zero-order valence-electron chi connectivity index (χ0n) is 10.3. The Morgan fingerprint density at radius 3 is 3.11 bits per heavy atom. The van der Waals surface area contributed by atoms with Crippen LogP contribution in [-0.2, 0) is 20.7 Å². The molecule has 0 spiro atoms. The summed E-state index contributed by atoms with van der Waals surface area (Å²) in [5.41, 5.74) is 1.97. The van der Waals surface area contributed by atoms with Crippen LogP contribution in [0.2, 0.25) is 0 Å². The fraction of sp³-hybridized carbons (Fsp3) is 0.727. The Bertz CT molecular complexity index is 422. The molecule has 0 aromatic carbocycles. The van der Waals surface area contributed by atoms with Crippen molar-refractivity contribution in [3.63, 3.8) is 0 Å². The highest BCUT2D eigenvalue weighted by Gasteiger charge is 2.24. The van der Waals surface area contributed by atoms with Gasteiger partial charge in [0.05, 0.1) is 35.7 Å². The summed E-state index contributed by atoms with van der Waals surface area (Å²) in [5, 5.41) is 8.21. The lowest BCUT2D eigenvalue weighted by Crippen LogP contribution is -2.16. The first-order chi connectivity index (χ1) is 8.72. The van der Waals surface area contributed by atoms with Crippen molar-refractivity contribution in [1.29, 1.82) is 0 Å². The summed E-state index contributed by atoms with van der Waals surface area (Å²) in [7, 11) is 1.36. The lowest BCUT2D eigenvalue weighted by molar-refractivity contribution is -0.148. The number of carbonyl (C=O) groups is 1. The fourth-order valence-corrected chi connectivity index (χ4v) is 2.67. The van der Waals surface area contributed by atoms with Crippen LogP contribution in [0.25, 0.3) is 0 Å². The molecule has 18 heavy (non-hydrogen) atoms. The van der Waals surface area contributed by atoms with Gasteiger partial charge in [-0.15, -0.1) is 5.10 Å². The van der Waals surface area contributed by atoms with Gasteiger partial charge in [0.25, 0.3) is 0 Å². The molecule has 0 saturated heterocycles. The van der Waals surface area contributed by atoms with Gasteiger partial charge in [-0.05, 0) is 19.3 Å². The van der Waals surface area contributed by atoms with E-state index in [9.17, 15) is 4.79 Å². The van der Waals surface area contributed by atoms with Crippen LogP contribution in [0.1, 0.15) is 43.2 Å². The number of fused-ring (bicyclic) bond motifs is 1. The maximum absolute atomic E-state index is 11.1. The van der Waals surface area contributed by atoms with Crippen molar-refractivity contribution >= 4 is 28.8 Å². The van der Waals surface area contributed by atoms with Gasteiger partial charge >= 0.3 is 5.97 Å². The predicted octanol–water partition coefficient (Wildman–Crippen LogP) is 1.82. The Hall–Kier alpha value is -0.700. The first kappa shape index (κ1) is 13.7. The number of ether oxygens (including phenoxy) is 2.